The van der Waals surface area contributed by atoms with Crippen LogP contribution in [0.4, 0.5) is 4.39 Å². The summed E-state index contributed by atoms with van der Waals surface area (Å²) in [5.41, 5.74) is 4.09. The van der Waals surface area contributed by atoms with Crippen molar-refractivity contribution in [2.45, 2.75) is 24.0 Å². The molecule has 0 spiro atoms. The van der Waals surface area contributed by atoms with Crippen molar-refractivity contribution in [3.8, 4) is 12.1 Å². The average Bonchev–Trinajstić information content (AvgIpc) is 3.13. The van der Waals surface area contributed by atoms with Gasteiger partial charge in [0, 0.05) is 10.4 Å². The molecule has 2 N–H and O–H groups in total. The Balaban J connectivity index is 2.25. The number of hydrogen-bond acceptors (Lipinski definition) is 6. The largest absolute Gasteiger partial charge is 0.386 e. The van der Waals surface area contributed by atoms with Crippen LogP contribution in [0.25, 0.3) is 0 Å². The van der Waals surface area contributed by atoms with E-state index < -0.39 is 26.8 Å². The van der Waals surface area contributed by atoms with E-state index in [1.807, 2.05) is 13.8 Å². The van der Waals surface area contributed by atoms with Crippen LogP contribution in [0.15, 0.2) is 27.7 Å². The lowest BCUT2D eigenvalue weighted by Crippen LogP contribution is -2.31. The van der Waals surface area contributed by atoms with E-state index >= 15 is 0 Å². The van der Waals surface area contributed by atoms with Crippen LogP contribution in [0.2, 0.25) is 0 Å². The molecule has 0 aromatic heterocycles. The number of halogens is 2. The molecule has 0 radical (unpaired) electrons. The van der Waals surface area contributed by atoms with Gasteiger partial charge in [-0.1, -0.05) is 35.8 Å². The Kier molecular flexibility index (Phi) is 4.60. The molecule has 1 saturated carbocycles. The first-order valence-corrected chi connectivity index (χ1v) is 10.6. The summed E-state index contributed by atoms with van der Waals surface area (Å²) in [4.78, 5) is 4.58. The zero-order chi connectivity index (χ0) is 18.5. The molecule has 4 nitrogen and oxygen atoms in total. The number of amidine groups is 1. The molecular formula is C17H16BrFN4S2. The average molecular weight is 439 g/mol. The summed E-state index contributed by atoms with van der Waals surface area (Å²) in [5, 5.41) is 20.1. The maximum absolute atomic E-state index is 14.7. The number of fused-ring (bicyclic) bond motifs is 1. The van der Waals surface area contributed by atoms with E-state index in [9.17, 15) is 14.9 Å². The summed E-state index contributed by atoms with van der Waals surface area (Å²) in [6, 6.07) is 9.29. The van der Waals surface area contributed by atoms with Gasteiger partial charge < -0.3 is 5.73 Å². The summed E-state index contributed by atoms with van der Waals surface area (Å²) in [7, 11) is 0. The van der Waals surface area contributed by atoms with Crippen LogP contribution in [0.1, 0.15) is 25.3 Å². The fraction of sp³-hybridized carbons (Fsp3) is 0.471. The standard InChI is InChI=1S/C17H16BrFN4S2/c1-3-24-17(25-4-2)16(9-21)13(15(16,8-20)14(22)23-17)11-6-5-10(18)7-12(11)19/h5-7,13H,3-4H2,1-2H3,(H2,22,23). The topological polar surface area (TPSA) is 86.0 Å². The molecule has 3 rings (SSSR count). The van der Waals surface area contributed by atoms with E-state index in [-0.39, 0.29) is 5.84 Å². The third kappa shape index (κ3) is 2.08. The molecule has 3 unspecified atom stereocenters. The van der Waals surface area contributed by atoms with E-state index in [1.165, 1.54) is 29.6 Å². The lowest BCUT2D eigenvalue weighted by atomic mass is 9.97. The van der Waals surface area contributed by atoms with Crippen molar-refractivity contribution in [3.63, 3.8) is 0 Å². The number of rotatable bonds is 5. The SMILES string of the molecule is CCSC1(SCC)N=C(N)C2(C#N)C(c3ccc(Br)cc3F)C12C#N. The Hall–Kier alpha value is -1.22. The lowest BCUT2D eigenvalue weighted by molar-refractivity contribution is 0.551. The van der Waals surface area contributed by atoms with E-state index in [4.69, 9.17) is 5.73 Å². The smallest absolute Gasteiger partial charge is 0.175 e. The molecule has 1 aromatic carbocycles. The second-order valence-electron chi connectivity index (χ2n) is 5.88. The molecule has 1 aromatic rings. The Morgan fingerprint density at radius 2 is 1.92 bits per heavy atom. The van der Waals surface area contributed by atoms with Crippen molar-refractivity contribution >= 4 is 45.3 Å². The van der Waals surface area contributed by atoms with Crippen LogP contribution in [-0.2, 0) is 0 Å². The minimum Gasteiger partial charge on any atom is -0.386 e. The van der Waals surface area contributed by atoms with Crippen LogP contribution in [0.3, 0.4) is 0 Å². The molecule has 3 atom stereocenters. The van der Waals surface area contributed by atoms with Gasteiger partial charge in [-0.15, -0.1) is 23.5 Å². The molecule has 130 valence electrons. The molecule has 0 saturated heterocycles. The summed E-state index contributed by atoms with van der Waals surface area (Å²) in [6.07, 6.45) is 0. The zero-order valence-electron chi connectivity index (χ0n) is 13.7. The molecule has 8 heteroatoms. The van der Waals surface area contributed by atoms with Crippen molar-refractivity contribution in [2.75, 3.05) is 11.5 Å². The highest BCUT2D eigenvalue weighted by Gasteiger charge is 2.92. The number of nitriles is 2. The van der Waals surface area contributed by atoms with Gasteiger partial charge >= 0.3 is 0 Å². The van der Waals surface area contributed by atoms with E-state index in [0.717, 1.165) is 0 Å². The first-order valence-electron chi connectivity index (χ1n) is 7.81. The quantitative estimate of drug-likeness (QED) is 0.694. The fourth-order valence-electron chi connectivity index (χ4n) is 3.95. The van der Waals surface area contributed by atoms with Crippen LogP contribution < -0.4 is 5.73 Å². The third-order valence-corrected chi connectivity index (χ3v) is 8.27. The van der Waals surface area contributed by atoms with Gasteiger partial charge in [-0.3, -0.25) is 0 Å². The van der Waals surface area contributed by atoms with Crippen molar-refractivity contribution in [1.82, 2.24) is 0 Å². The second kappa shape index (κ2) is 6.19. The molecule has 2 aliphatic rings. The van der Waals surface area contributed by atoms with E-state index in [1.54, 1.807) is 12.1 Å². The second-order valence-corrected chi connectivity index (χ2v) is 9.97. The maximum Gasteiger partial charge on any atom is 0.175 e. The minimum atomic E-state index is -1.28. The van der Waals surface area contributed by atoms with Gasteiger partial charge in [-0.25, -0.2) is 9.38 Å². The Morgan fingerprint density at radius 1 is 1.28 bits per heavy atom. The minimum absolute atomic E-state index is 0.144. The predicted molar refractivity (Wildman–Crippen MR) is 104 cm³/mol. The van der Waals surface area contributed by atoms with Gasteiger partial charge in [0.1, 0.15) is 22.5 Å². The Bertz CT molecular complexity index is 840. The van der Waals surface area contributed by atoms with Crippen molar-refractivity contribution in [3.05, 3.63) is 34.1 Å². The number of hydrogen-bond donors (Lipinski definition) is 1. The van der Waals surface area contributed by atoms with Crippen molar-refractivity contribution in [1.29, 1.82) is 10.5 Å². The Morgan fingerprint density at radius 3 is 2.40 bits per heavy atom. The van der Waals surface area contributed by atoms with Gasteiger partial charge in [-0.2, -0.15) is 10.5 Å². The van der Waals surface area contributed by atoms with Crippen LogP contribution in [0, 0.1) is 39.3 Å². The fourth-order valence-corrected chi connectivity index (χ4v) is 7.54. The molecule has 25 heavy (non-hydrogen) atoms. The first-order chi connectivity index (χ1) is 11.9. The molecule has 1 heterocycles. The van der Waals surface area contributed by atoms with E-state index in [2.05, 4.69) is 33.1 Å². The van der Waals surface area contributed by atoms with Crippen molar-refractivity contribution in [2.24, 2.45) is 21.6 Å². The Labute approximate surface area is 163 Å². The monoisotopic (exact) mass is 438 g/mol. The lowest BCUT2D eigenvalue weighted by Gasteiger charge is -2.31. The van der Waals surface area contributed by atoms with Gasteiger partial charge in [0.05, 0.1) is 12.1 Å². The number of benzene rings is 1. The predicted octanol–water partition coefficient (Wildman–Crippen LogP) is 4.24. The van der Waals surface area contributed by atoms with E-state index in [0.29, 0.717) is 21.5 Å². The number of nitrogens with zero attached hydrogens (tertiary/aromatic N) is 3. The maximum atomic E-state index is 14.7. The molecule has 0 bridgehead atoms. The summed E-state index contributed by atoms with van der Waals surface area (Å²) in [5.74, 6) is 0.501. The van der Waals surface area contributed by atoms with Crippen LogP contribution >= 0.6 is 39.5 Å². The van der Waals surface area contributed by atoms with Crippen LogP contribution in [-0.4, -0.2) is 21.5 Å². The van der Waals surface area contributed by atoms with Gasteiger partial charge in [0.15, 0.2) is 4.20 Å². The number of aliphatic imine (C=N–C) groups is 1. The molecule has 1 fully saturated rings. The highest BCUT2D eigenvalue weighted by Crippen LogP contribution is 2.85. The van der Waals surface area contributed by atoms with Gasteiger partial charge in [0.25, 0.3) is 0 Å². The van der Waals surface area contributed by atoms with Gasteiger partial charge in [-0.05, 0) is 29.2 Å². The summed E-state index contributed by atoms with van der Waals surface area (Å²) < 4.78 is 14.4. The van der Waals surface area contributed by atoms with Crippen molar-refractivity contribution < 1.29 is 4.39 Å². The molecule has 1 aliphatic carbocycles. The zero-order valence-corrected chi connectivity index (χ0v) is 16.9. The highest BCUT2D eigenvalue weighted by molar-refractivity contribution is 9.10. The highest BCUT2D eigenvalue weighted by atomic mass is 79.9. The summed E-state index contributed by atoms with van der Waals surface area (Å²) >= 11 is 6.24. The third-order valence-electron chi connectivity index (χ3n) is 4.88. The first kappa shape index (κ1) is 18.6. The number of thioether (sulfide) groups is 2. The molecule has 0 amide bonds. The number of nitrogens with two attached hydrogens (primary N) is 1. The van der Waals surface area contributed by atoms with Crippen LogP contribution in [0.5, 0.6) is 0 Å². The molecule has 1 aliphatic heterocycles. The van der Waals surface area contributed by atoms with Gasteiger partial charge in [0.2, 0.25) is 0 Å². The summed E-state index contributed by atoms with van der Waals surface area (Å²) in [6.45, 7) is 3.95. The normalized spacial score (nSPS) is 31.6. The molecular weight excluding hydrogens is 423 g/mol.